The van der Waals surface area contributed by atoms with Gasteiger partial charge < -0.3 is 14.8 Å². The van der Waals surface area contributed by atoms with Crippen molar-refractivity contribution < 1.29 is 14.3 Å². The van der Waals surface area contributed by atoms with Crippen LogP contribution in [0.15, 0.2) is 0 Å². The molecule has 86 valence electrons. The second-order valence-electron chi connectivity index (χ2n) is 4.47. The summed E-state index contributed by atoms with van der Waals surface area (Å²) in [6.45, 7) is 4.67. The van der Waals surface area contributed by atoms with E-state index in [9.17, 15) is 4.79 Å². The lowest BCUT2D eigenvalue weighted by Crippen LogP contribution is -2.54. The van der Waals surface area contributed by atoms with Crippen LogP contribution in [0.5, 0.6) is 0 Å². The van der Waals surface area contributed by atoms with E-state index in [1.807, 2.05) is 6.92 Å². The topological polar surface area (TPSA) is 47.6 Å². The smallest absolute Gasteiger partial charge is 0.230 e. The van der Waals surface area contributed by atoms with E-state index < -0.39 is 0 Å². The SMILES string of the molecule is CCC1(C(=O)NCC2CCCO2)COC1. The first-order valence-corrected chi connectivity index (χ1v) is 5.74. The lowest BCUT2D eigenvalue weighted by atomic mass is 9.82. The molecule has 0 radical (unpaired) electrons. The summed E-state index contributed by atoms with van der Waals surface area (Å²) in [4.78, 5) is 11.9. The molecule has 1 amide bonds. The Morgan fingerprint density at radius 2 is 2.33 bits per heavy atom. The largest absolute Gasteiger partial charge is 0.379 e. The standard InChI is InChI=1S/C11H19NO3/c1-2-11(7-14-8-11)10(13)12-6-9-4-3-5-15-9/h9H,2-8H2,1H3,(H,12,13). The molecule has 0 aromatic rings. The highest BCUT2D eigenvalue weighted by Crippen LogP contribution is 2.31. The van der Waals surface area contributed by atoms with Crippen molar-refractivity contribution in [2.24, 2.45) is 5.41 Å². The Morgan fingerprint density at radius 3 is 2.80 bits per heavy atom. The van der Waals surface area contributed by atoms with Gasteiger partial charge in [-0.15, -0.1) is 0 Å². The summed E-state index contributed by atoms with van der Waals surface area (Å²) in [6.07, 6.45) is 3.26. The fourth-order valence-corrected chi connectivity index (χ4v) is 2.04. The first-order chi connectivity index (χ1) is 7.27. The van der Waals surface area contributed by atoms with Gasteiger partial charge in [0.1, 0.15) is 0 Å². The third-order valence-corrected chi connectivity index (χ3v) is 3.43. The summed E-state index contributed by atoms with van der Waals surface area (Å²) < 4.78 is 10.6. The van der Waals surface area contributed by atoms with Crippen LogP contribution in [0.3, 0.4) is 0 Å². The molecular weight excluding hydrogens is 194 g/mol. The minimum Gasteiger partial charge on any atom is -0.379 e. The second kappa shape index (κ2) is 4.49. The molecule has 1 unspecified atom stereocenters. The summed E-state index contributed by atoms with van der Waals surface area (Å²) in [5.74, 6) is 0.131. The maximum atomic E-state index is 11.9. The van der Waals surface area contributed by atoms with Crippen LogP contribution in [-0.2, 0) is 14.3 Å². The number of ether oxygens (including phenoxy) is 2. The predicted octanol–water partition coefficient (Wildman–Crippen LogP) is 0.708. The van der Waals surface area contributed by atoms with Crippen molar-refractivity contribution in [3.63, 3.8) is 0 Å². The molecule has 0 aromatic heterocycles. The van der Waals surface area contributed by atoms with Gasteiger partial charge in [0.15, 0.2) is 0 Å². The molecule has 2 saturated heterocycles. The van der Waals surface area contributed by atoms with Crippen molar-refractivity contribution in [3.8, 4) is 0 Å². The highest BCUT2D eigenvalue weighted by Gasteiger charge is 2.44. The van der Waals surface area contributed by atoms with Gasteiger partial charge in [0.05, 0.1) is 24.7 Å². The van der Waals surface area contributed by atoms with E-state index in [4.69, 9.17) is 9.47 Å². The van der Waals surface area contributed by atoms with Gasteiger partial charge in [0, 0.05) is 13.2 Å². The third kappa shape index (κ3) is 2.16. The Kier molecular flexibility index (Phi) is 3.26. The molecule has 0 bridgehead atoms. The molecular formula is C11H19NO3. The molecule has 1 N–H and O–H groups in total. The van der Waals surface area contributed by atoms with E-state index in [-0.39, 0.29) is 17.4 Å². The number of hydrogen-bond acceptors (Lipinski definition) is 3. The lowest BCUT2D eigenvalue weighted by Gasteiger charge is -2.39. The number of carbonyl (C=O) groups is 1. The van der Waals surface area contributed by atoms with Crippen molar-refractivity contribution in [2.75, 3.05) is 26.4 Å². The van der Waals surface area contributed by atoms with E-state index in [1.54, 1.807) is 0 Å². The molecule has 2 aliphatic rings. The van der Waals surface area contributed by atoms with E-state index in [0.717, 1.165) is 25.9 Å². The van der Waals surface area contributed by atoms with Gasteiger partial charge in [-0.3, -0.25) is 4.79 Å². The van der Waals surface area contributed by atoms with Crippen molar-refractivity contribution in [3.05, 3.63) is 0 Å². The number of amides is 1. The fraction of sp³-hybridized carbons (Fsp3) is 0.909. The monoisotopic (exact) mass is 213 g/mol. The van der Waals surface area contributed by atoms with Crippen molar-refractivity contribution in [1.82, 2.24) is 5.32 Å². The maximum Gasteiger partial charge on any atom is 0.230 e. The number of rotatable bonds is 4. The minimum absolute atomic E-state index is 0.131. The summed E-state index contributed by atoms with van der Waals surface area (Å²) >= 11 is 0. The molecule has 2 aliphatic heterocycles. The highest BCUT2D eigenvalue weighted by molar-refractivity contribution is 5.83. The predicted molar refractivity (Wildman–Crippen MR) is 55.5 cm³/mol. The molecule has 0 aliphatic carbocycles. The average Bonchev–Trinajstić information content (AvgIpc) is 2.66. The molecule has 0 saturated carbocycles. The maximum absolute atomic E-state index is 11.9. The van der Waals surface area contributed by atoms with E-state index in [0.29, 0.717) is 19.8 Å². The molecule has 0 spiro atoms. The van der Waals surface area contributed by atoms with Crippen LogP contribution >= 0.6 is 0 Å². The lowest BCUT2D eigenvalue weighted by molar-refractivity contribution is -0.162. The molecule has 2 rings (SSSR count). The zero-order chi connectivity index (χ0) is 10.7. The van der Waals surface area contributed by atoms with Gasteiger partial charge in [-0.2, -0.15) is 0 Å². The van der Waals surface area contributed by atoms with Crippen LogP contribution < -0.4 is 5.32 Å². The number of hydrogen-bond donors (Lipinski definition) is 1. The Balaban J connectivity index is 1.76. The van der Waals surface area contributed by atoms with E-state index in [1.165, 1.54) is 0 Å². The third-order valence-electron chi connectivity index (χ3n) is 3.43. The van der Waals surface area contributed by atoms with Crippen LogP contribution in [0, 0.1) is 5.41 Å². The number of nitrogens with one attached hydrogen (secondary N) is 1. The van der Waals surface area contributed by atoms with Gasteiger partial charge in [0.2, 0.25) is 5.91 Å². The molecule has 4 heteroatoms. The van der Waals surface area contributed by atoms with E-state index in [2.05, 4.69) is 5.32 Å². The van der Waals surface area contributed by atoms with Gasteiger partial charge in [-0.05, 0) is 19.3 Å². The molecule has 2 fully saturated rings. The Bertz CT molecular complexity index is 226. The molecule has 4 nitrogen and oxygen atoms in total. The Morgan fingerprint density at radius 1 is 1.53 bits per heavy atom. The first-order valence-electron chi connectivity index (χ1n) is 5.74. The van der Waals surface area contributed by atoms with Crippen LogP contribution in [-0.4, -0.2) is 38.4 Å². The summed E-state index contributed by atoms with van der Waals surface area (Å²) in [5.41, 5.74) is -0.251. The Labute approximate surface area is 90.3 Å². The van der Waals surface area contributed by atoms with Gasteiger partial charge in [-0.1, -0.05) is 6.92 Å². The van der Waals surface area contributed by atoms with Crippen molar-refractivity contribution in [2.45, 2.75) is 32.3 Å². The van der Waals surface area contributed by atoms with Crippen LogP contribution in [0.1, 0.15) is 26.2 Å². The van der Waals surface area contributed by atoms with Crippen molar-refractivity contribution in [1.29, 1.82) is 0 Å². The number of carbonyl (C=O) groups excluding carboxylic acids is 1. The molecule has 0 aromatic carbocycles. The van der Waals surface area contributed by atoms with Gasteiger partial charge in [-0.25, -0.2) is 0 Å². The molecule has 2 heterocycles. The van der Waals surface area contributed by atoms with Crippen LogP contribution in [0.25, 0.3) is 0 Å². The van der Waals surface area contributed by atoms with Crippen LogP contribution in [0.4, 0.5) is 0 Å². The van der Waals surface area contributed by atoms with E-state index >= 15 is 0 Å². The second-order valence-corrected chi connectivity index (χ2v) is 4.47. The van der Waals surface area contributed by atoms with Crippen molar-refractivity contribution >= 4 is 5.91 Å². The summed E-state index contributed by atoms with van der Waals surface area (Å²) in [5, 5.41) is 2.97. The Hall–Kier alpha value is -0.610. The summed E-state index contributed by atoms with van der Waals surface area (Å²) in [7, 11) is 0. The average molecular weight is 213 g/mol. The molecule has 15 heavy (non-hydrogen) atoms. The highest BCUT2D eigenvalue weighted by atomic mass is 16.5. The quantitative estimate of drug-likeness (QED) is 0.748. The minimum atomic E-state index is -0.251. The zero-order valence-electron chi connectivity index (χ0n) is 9.25. The normalized spacial score (nSPS) is 28.5. The van der Waals surface area contributed by atoms with Gasteiger partial charge in [0.25, 0.3) is 0 Å². The first kappa shape index (κ1) is 10.9. The molecule has 1 atom stereocenters. The fourth-order valence-electron chi connectivity index (χ4n) is 2.04. The van der Waals surface area contributed by atoms with Crippen LogP contribution in [0.2, 0.25) is 0 Å². The summed E-state index contributed by atoms with van der Waals surface area (Å²) in [6, 6.07) is 0. The van der Waals surface area contributed by atoms with Gasteiger partial charge >= 0.3 is 0 Å². The zero-order valence-corrected chi connectivity index (χ0v) is 9.25.